The summed E-state index contributed by atoms with van der Waals surface area (Å²) in [5.41, 5.74) is 6.14. The number of hydrogen-bond acceptors (Lipinski definition) is 4. The Labute approximate surface area is 116 Å². The molecule has 20 heavy (non-hydrogen) atoms. The number of carbonyl (C=O) groups excluding carboxylic acids is 1. The van der Waals surface area contributed by atoms with Crippen LogP contribution in [0.15, 0.2) is 24.3 Å². The van der Waals surface area contributed by atoms with Gasteiger partial charge in [0.25, 0.3) is 5.91 Å². The van der Waals surface area contributed by atoms with Crippen LogP contribution in [0.25, 0.3) is 10.1 Å². The van der Waals surface area contributed by atoms with Crippen molar-refractivity contribution in [2.45, 2.75) is 12.3 Å². The van der Waals surface area contributed by atoms with Gasteiger partial charge in [-0.15, -0.1) is 11.3 Å². The van der Waals surface area contributed by atoms with Gasteiger partial charge in [-0.1, -0.05) is 0 Å². The number of thiophene rings is 1. The van der Waals surface area contributed by atoms with Crippen LogP contribution in [0.2, 0.25) is 0 Å². The molecule has 1 aromatic carbocycles. The first kappa shape index (κ1) is 14.6. The second-order valence-corrected chi connectivity index (χ2v) is 5.26. The summed E-state index contributed by atoms with van der Waals surface area (Å²) in [6, 6.07) is 6.63. The quantitative estimate of drug-likeness (QED) is 0.760. The number of nitrogens with two attached hydrogens (primary N) is 1. The number of benzene rings is 1. The van der Waals surface area contributed by atoms with Crippen LogP contribution in [-0.4, -0.2) is 29.8 Å². The number of aliphatic hydroxyl groups excluding tert-OH is 1. The van der Waals surface area contributed by atoms with Crippen molar-refractivity contribution < 1.29 is 23.1 Å². The van der Waals surface area contributed by atoms with Gasteiger partial charge in [-0.3, -0.25) is 4.79 Å². The third-order valence-electron chi connectivity index (χ3n) is 2.60. The summed E-state index contributed by atoms with van der Waals surface area (Å²) in [7, 11) is 0. The molecule has 1 amide bonds. The average molecular weight is 304 g/mol. The molecule has 1 atom stereocenters. The van der Waals surface area contributed by atoms with Gasteiger partial charge in [0.2, 0.25) is 0 Å². The number of rotatable bonds is 3. The number of amides is 1. The maximum Gasteiger partial charge on any atom is 0.416 e. The van der Waals surface area contributed by atoms with E-state index in [9.17, 15) is 18.0 Å². The Kier molecular flexibility index (Phi) is 3.87. The minimum absolute atomic E-state index is 0.264. The predicted octanol–water partition coefficient (Wildman–Crippen LogP) is 2.14. The number of fused-ring (bicyclic) bond motifs is 1. The molecule has 0 bridgehead atoms. The topological polar surface area (TPSA) is 75.4 Å². The number of hydrogen-bond donors (Lipinski definition) is 3. The van der Waals surface area contributed by atoms with Crippen LogP contribution < -0.4 is 11.1 Å². The van der Waals surface area contributed by atoms with Gasteiger partial charge >= 0.3 is 6.18 Å². The van der Waals surface area contributed by atoms with Crippen molar-refractivity contribution in [2.75, 3.05) is 12.3 Å². The number of aliphatic hydroxyl groups is 1. The summed E-state index contributed by atoms with van der Waals surface area (Å²) in [6.07, 6.45) is -7.32. The Balaban J connectivity index is 2.08. The SMILES string of the molecule is Nc1ccc2sc(C(=O)NCC(O)C(F)(F)F)cc2c1. The maximum absolute atomic E-state index is 12.1. The molecule has 0 fully saturated rings. The van der Waals surface area contributed by atoms with E-state index >= 15 is 0 Å². The van der Waals surface area contributed by atoms with Crippen LogP contribution in [0, 0.1) is 0 Å². The summed E-state index contributed by atoms with van der Waals surface area (Å²) in [5, 5.41) is 11.6. The first-order valence-corrected chi connectivity index (χ1v) is 6.41. The number of nitrogens with one attached hydrogen (secondary N) is 1. The fourth-order valence-electron chi connectivity index (χ4n) is 1.57. The first-order chi connectivity index (χ1) is 9.27. The van der Waals surface area contributed by atoms with Gasteiger partial charge in [-0.2, -0.15) is 13.2 Å². The Morgan fingerprint density at radius 1 is 1.40 bits per heavy atom. The van der Waals surface area contributed by atoms with Crippen LogP contribution in [-0.2, 0) is 0 Å². The van der Waals surface area contributed by atoms with Gasteiger partial charge < -0.3 is 16.2 Å². The Bertz CT molecular complexity index is 639. The Morgan fingerprint density at radius 2 is 2.10 bits per heavy atom. The van der Waals surface area contributed by atoms with Crippen LogP contribution >= 0.6 is 11.3 Å². The van der Waals surface area contributed by atoms with Gasteiger partial charge in [0.1, 0.15) is 0 Å². The van der Waals surface area contributed by atoms with Crippen molar-refractivity contribution >= 4 is 33.0 Å². The second kappa shape index (κ2) is 5.29. The van der Waals surface area contributed by atoms with E-state index in [4.69, 9.17) is 10.8 Å². The third kappa shape index (κ3) is 3.20. The molecule has 0 aliphatic heterocycles. The smallest absolute Gasteiger partial charge is 0.399 e. The highest BCUT2D eigenvalue weighted by Crippen LogP contribution is 2.27. The molecule has 0 spiro atoms. The molecule has 4 N–H and O–H groups in total. The van der Waals surface area contributed by atoms with Gasteiger partial charge in [-0.05, 0) is 29.7 Å². The van der Waals surface area contributed by atoms with E-state index in [1.165, 1.54) is 0 Å². The lowest BCUT2D eigenvalue weighted by atomic mass is 10.2. The summed E-state index contributed by atoms with van der Waals surface area (Å²) in [5.74, 6) is -0.659. The largest absolute Gasteiger partial charge is 0.416 e. The summed E-state index contributed by atoms with van der Waals surface area (Å²) in [4.78, 5) is 12.0. The van der Waals surface area contributed by atoms with E-state index in [0.717, 1.165) is 21.4 Å². The van der Waals surface area contributed by atoms with E-state index in [2.05, 4.69) is 5.32 Å². The van der Waals surface area contributed by atoms with Crippen molar-refractivity contribution in [3.05, 3.63) is 29.1 Å². The minimum Gasteiger partial charge on any atom is -0.399 e. The number of halogens is 3. The van der Waals surface area contributed by atoms with Crippen molar-refractivity contribution in [1.29, 1.82) is 0 Å². The molecule has 1 aromatic heterocycles. The van der Waals surface area contributed by atoms with Crippen LogP contribution in [0.1, 0.15) is 9.67 Å². The van der Waals surface area contributed by atoms with Gasteiger partial charge in [0.15, 0.2) is 6.10 Å². The molecule has 108 valence electrons. The summed E-state index contributed by atoms with van der Waals surface area (Å²) in [6.45, 7) is -0.876. The second-order valence-electron chi connectivity index (χ2n) is 4.18. The van der Waals surface area contributed by atoms with Crippen molar-refractivity contribution in [3.8, 4) is 0 Å². The Morgan fingerprint density at radius 3 is 2.75 bits per heavy atom. The fraction of sp³-hybridized carbons (Fsp3) is 0.250. The van der Waals surface area contributed by atoms with E-state index in [-0.39, 0.29) is 4.88 Å². The highest BCUT2D eigenvalue weighted by molar-refractivity contribution is 7.20. The van der Waals surface area contributed by atoms with E-state index in [1.807, 2.05) is 0 Å². The molecule has 4 nitrogen and oxygen atoms in total. The highest BCUT2D eigenvalue weighted by Gasteiger charge is 2.38. The zero-order valence-electron chi connectivity index (χ0n) is 10.1. The van der Waals surface area contributed by atoms with Crippen molar-refractivity contribution in [1.82, 2.24) is 5.32 Å². The normalized spacial score (nSPS) is 13.4. The van der Waals surface area contributed by atoms with E-state index in [0.29, 0.717) is 5.69 Å². The molecule has 2 aromatic rings. The van der Waals surface area contributed by atoms with Gasteiger partial charge in [0, 0.05) is 10.4 Å². The molecule has 0 radical (unpaired) electrons. The Hall–Kier alpha value is -1.80. The fourth-order valence-corrected chi connectivity index (χ4v) is 2.53. The monoisotopic (exact) mass is 304 g/mol. The average Bonchev–Trinajstić information content (AvgIpc) is 2.77. The molecule has 0 aliphatic rings. The first-order valence-electron chi connectivity index (χ1n) is 5.59. The third-order valence-corrected chi connectivity index (χ3v) is 3.71. The number of carbonyl (C=O) groups is 1. The van der Waals surface area contributed by atoms with Gasteiger partial charge in [-0.25, -0.2) is 0 Å². The van der Waals surface area contributed by atoms with E-state index < -0.39 is 24.7 Å². The lowest BCUT2D eigenvalue weighted by molar-refractivity contribution is -0.201. The van der Waals surface area contributed by atoms with E-state index in [1.54, 1.807) is 24.3 Å². The lowest BCUT2D eigenvalue weighted by Gasteiger charge is -2.14. The number of anilines is 1. The molecular weight excluding hydrogens is 293 g/mol. The maximum atomic E-state index is 12.1. The summed E-state index contributed by atoms with van der Waals surface area (Å²) < 4.78 is 37.1. The molecule has 8 heteroatoms. The molecule has 0 aliphatic carbocycles. The zero-order valence-corrected chi connectivity index (χ0v) is 10.9. The van der Waals surface area contributed by atoms with Crippen molar-refractivity contribution in [3.63, 3.8) is 0 Å². The molecule has 1 unspecified atom stereocenters. The number of alkyl halides is 3. The molecule has 0 saturated carbocycles. The van der Waals surface area contributed by atoms with Crippen molar-refractivity contribution in [2.24, 2.45) is 0 Å². The summed E-state index contributed by atoms with van der Waals surface area (Å²) >= 11 is 1.14. The minimum atomic E-state index is -4.75. The van der Waals surface area contributed by atoms with Crippen LogP contribution in [0.4, 0.5) is 18.9 Å². The zero-order chi connectivity index (χ0) is 14.9. The molecular formula is C12H11F3N2O2S. The van der Waals surface area contributed by atoms with Gasteiger partial charge in [0.05, 0.1) is 11.4 Å². The molecule has 0 saturated heterocycles. The van der Waals surface area contributed by atoms with Crippen LogP contribution in [0.3, 0.4) is 0 Å². The molecule has 2 rings (SSSR count). The predicted molar refractivity (Wildman–Crippen MR) is 70.6 cm³/mol. The number of nitrogen functional groups attached to an aromatic ring is 1. The standard InChI is InChI=1S/C12H11F3N2O2S/c13-12(14,15)10(18)5-17-11(19)9-4-6-3-7(16)1-2-8(6)20-9/h1-4,10,18H,5,16H2,(H,17,19). The molecule has 1 heterocycles. The highest BCUT2D eigenvalue weighted by atomic mass is 32.1. The van der Waals surface area contributed by atoms with Crippen LogP contribution in [0.5, 0.6) is 0 Å². The lowest BCUT2D eigenvalue weighted by Crippen LogP contribution is -2.40.